The highest BCUT2D eigenvalue weighted by Crippen LogP contribution is 2.40. The fraction of sp³-hybridized carbons (Fsp3) is 0.846. The fourth-order valence-corrected chi connectivity index (χ4v) is 2.75. The summed E-state index contributed by atoms with van der Waals surface area (Å²) in [4.78, 5) is 14.7. The van der Waals surface area contributed by atoms with Gasteiger partial charge in [-0.2, -0.15) is 0 Å². The molecule has 0 aliphatic heterocycles. The van der Waals surface area contributed by atoms with Crippen molar-refractivity contribution in [2.75, 3.05) is 13.6 Å². The van der Waals surface area contributed by atoms with E-state index in [9.17, 15) is 4.79 Å². The highest BCUT2D eigenvalue weighted by atomic mass is 32.1. The number of rotatable bonds is 5. The monoisotopic (exact) mass is 256 g/mol. The number of hydrogen-bond acceptors (Lipinski definition) is 2. The second-order valence-electron chi connectivity index (χ2n) is 5.56. The van der Waals surface area contributed by atoms with E-state index >= 15 is 0 Å². The van der Waals surface area contributed by atoms with E-state index in [1.165, 1.54) is 0 Å². The Balaban J connectivity index is 2.69. The Morgan fingerprint density at radius 1 is 1.41 bits per heavy atom. The molecule has 1 saturated carbocycles. The van der Waals surface area contributed by atoms with Gasteiger partial charge in [-0.15, -0.1) is 0 Å². The molecule has 0 spiro atoms. The van der Waals surface area contributed by atoms with E-state index in [2.05, 4.69) is 13.8 Å². The number of thiocarbonyl (C=S) groups is 1. The first-order chi connectivity index (χ1) is 7.90. The average molecular weight is 256 g/mol. The molecule has 0 aromatic heterocycles. The van der Waals surface area contributed by atoms with Gasteiger partial charge in [0.05, 0.1) is 10.4 Å². The smallest absolute Gasteiger partial charge is 0.235 e. The van der Waals surface area contributed by atoms with Crippen LogP contribution in [0, 0.1) is 11.3 Å². The van der Waals surface area contributed by atoms with Crippen LogP contribution in [0.1, 0.15) is 46.0 Å². The van der Waals surface area contributed by atoms with Crippen LogP contribution < -0.4 is 5.73 Å². The zero-order valence-electron chi connectivity index (χ0n) is 11.2. The summed E-state index contributed by atoms with van der Waals surface area (Å²) in [6, 6.07) is 0. The van der Waals surface area contributed by atoms with Gasteiger partial charge >= 0.3 is 0 Å². The highest BCUT2D eigenvalue weighted by Gasteiger charge is 2.45. The van der Waals surface area contributed by atoms with Crippen molar-refractivity contribution in [2.24, 2.45) is 17.1 Å². The third-order valence-electron chi connectivity index (χ3n) is 3.73. The van der Waals surface area contributed by atoms with Crippen molar-refractivity contribution in [3.8, 4) is 0 Å². The van der Waals surface area contributed by atoms with E-state index < -0.39 is 5.41 Å². The van der Waals surface area contributed by atoms with E-state index in [0.717, 1.165) is 38.6 Å². The summed E-state index contributed by atoms with van der Waals surface area (Å²) in [7, 11) is 1.86. The van der Waals surface area contributed by atoms with Gasteiger partial charge in [0, 0.05) is 13.6 Å². The Morgan fingerprint density at radius 3 is 2.35 bits per heavy atom. The predicted octanol–water partition coefficient (Wildman–Crippen LogP) is 2.34. The van der Waals surface area contributed by atoms with Gasteiger partial charge in [-0.1, -0.05) is 38.9 Å². The van der Waals surface area contributed by atoms with Crippen molar-refractivity contribution in [3.63, 3.8) is 0 Å². The van der Waals surface area contributed by atoms with Gasteiger partial charge < -0.3 is 10.6 Å². The molecule has 98 valence electrons. The highest BCUT2D eigenvalue weighted by molar-refractivity contribution is 7.80. The maximum Gasteiger partial charge on any atom is 0.235 e. The van der Waals surface area contributed by atoms with Crippen LogP contribution in [0.5, 0.6) is 0 Å². The normalized spacial score (nSPS) is 18.4. The van der Waals surface area contributed by atoms with Crippen LogP contribution in [0.4, 0.5) is 0 Å². The van der Waals surface area contributed by atoms with Gasteiger partial charge in [0.1, 0.15) is 0 Å². The molecule has 0 heterocycles. The zero-order valence-corrected chi connectivity index (χ0v) is 12.0. The lowest BCUT2D eigenvalue weighted by molar-refractivity contribution is -0.136. The predicted molar refractivity (Wildman–Crippen MR) is 74.8 cm³/mol. The molecule has 0 bridgehead atoms. The summed E-state index contributed by atoms with van der Waals surface area (Å²) in [6.07, 6.45) is 4.79. The van der Waals surface area contributed by atoms with Crippen molar-refractivity contribution in [2.45, 2.75) is 46.0 Å². The van der Waals surface area contributed by atoms with Crippen molar-refractivity contribution in [1.82, 2.24) is 4.90 Å². The Labute approximate surface area is 110 Å². The van der Waals surface area contributed by atoms with E-state index in [1.807, 2.05) is 11.9 Å². The topological polar surface area (TPSA) is 46.3 Å². The Bertz CT molecular complexity index is 296. The lowest BCUT2D eigenvalue weighted by Crippen LogP contribution is -2.48. The van der Waals surface area contributed by atoms with Crippen LogP contribution in [-0.4, -0.2) is 29.4 Å². The molecule has 1 aliphatic carbocycles. The lowest BCUT2D eigenvalue weighted by Gasteiger charge is -2.31. The molecule has 0 aromatic carbocycles. The van der Waals surface area contributed by atoms with Crippen LogP contribution in [0.2, 0.25) is 0 Å². The molecule has 1 amide bonds. The molecule has 0 atom stereocenters. The number of amides is 1. The molecular weight excluding hydrogens is 232 g/mol. The minimum absolute atomic E-state index is 0.128. The molecule has 0 radical (unpaired) electrons. The van der Waals surface area contributed by atoms with E-state index in [-0.39, 0.29) is 5.91 Å². The number of nitrogens with two attached hydrogens (primary N) is 1. The summed E-state index contributed by atoms with van der Waals surface area (Å²) in [6.45, 7) is 5.12. The van der Waals surface area contributed by atoms with E-state index in [0.29, 0.717) is 10.9 Å². The molecule has 1 fully saturated rings. The molecule has 0 saturated heterocycles. The summed E-state index contributed by atoms with van der Waals surface area (Å²) in [5.74, 6) is 0.734. The molecule has 1 aliphatic rings. The fourth-order valence-electron chi connectivity index (χ4n) is 2.46. The first-order valence-electron chi connectivity index (χ1n) is 6.45. The SMILES string of the molecule is CC(C)CCN(C)C(=O)C1(C(N)=S)CCCC1. The first kappa shape index (κ1) is 14.4. The average Bonchev–Trinajstić information content (AvgIpc) is 2.74. The minimum atomic E-state index is -0.541. The van der Waals surface area contributed by atoms with Crippen molar-refractivity contribution >= 4 is 23.1 Å². The molecular formula is C13H24N2OS. The maximum atomic E-state index is 12.5. The molecule has 2 N–H and O–H groups in total. The van der Waals surface area contributed by atoms with Crippen LogP contribution >= 0.6 is 12.2 Å². The number of carbonyl (C=O) groups is 1. The summed E-state index contributed by atoms with van der Waals surface area (Å²) >= 11 is 5.13. The Kier molecular flexibility index (Phi) is 4.92. The molecule has 0 unspecified atom stereocenters. The summed E-state index contributed by atoms with van der Waals surface area (Å²) < 4.78 is 0. The van der Waals surface area contributed by atoms with Gasteiger partial charge in [0.15, 0.2) is 0 Å². The van der Waals surface area contributed by atoms with Crippen LogP contribution in [-0.2, 0) is 4.79 Å². The molecule has 3 nitrogen and oxygen atoms in total. The van der Waals surface area contributed by atoms with Crippen LogP contribution in [0.15, 0.2) is 0 Å². The number of hydrogen-bond donors (Lipinski definition) is 1. The van der Waals surface area contributed by atoms with Crippen molar-refractivity contribution < 1.29 is 4.79 Å². The van der Waals surface area contributed by atoms with Gasteiger partial charge in [0.2, 0.25) is 5.91 Å². The zero-order chi connectivity index (χ0) is 13.1. The van der Waals surface area contributed by atoms with Gasteiger partial charge in [0.25, 0.3) is 0 Å². The Morgan fingerprint density at radius 2 is 1.94 bits per heavy atom. The third kappa shape index (κ3) is 3.18. The molecule has 1 rings (SSSR count). The summed E-state index contributed by atoms with van der Waals surface area (Å²) in [5, 5.41) is 0. The maximum absolute atomic E-state index is 12.5. The van der Waals surface area contributed by atoms with Gasteiger partial charge in [-0.05, 0) is 25.2 Å². The van der Waals surface area contributed by atoms with Gasteiger partial charge in [-0.25, -0.2) is 0 Å². The quantitative estimate of drug-likeness (QED) is 0.768. The largest absolute Gasteiger partial charge is 0.392 e. The summed E-state index contributed by atoms with van der Waals surface area (Å²) in [5.41, 5.74) is 5.27. The van der Waals surface area contributed by atoms with Crippen LogP contribution in [0.25, 0.3) is 0 Å². The molecule has 17 heavy (non-hydrogen) atoms. The number of carbonyl (C=O) groups excluding carboxylic acids is 1. The lowest BCUT2D eigenvalue weighted by atomic mass is 9.84. The molecule has 0 aromatic rings. The van der Waals surface area contributed by atoms with Gasteiger partial charge in [-0.3, -0.25) is 4.79 Å². The van der Waals surface area contributed by atoms with E-state index in [4.69, 9.17) is 18.0 Å². The minimum Gasteiger partial charge on any atom is -0.392 e. The molecule has 4 heteroatoms. The van der Waals surface area contributed by atoms with Crippen molar-refractivity contribution in [1.29, 1.82) is 0 Å². The van der Waals surface area contributed by atoms with Crippen LogP contribution in [0.3, 0.4) is 0 Å². The Hall–Kier alpha value is -0.640. The first-order valence-corrected chi connectivity index (χ1v) is 6.86. The second-order valence-corrected chi connectivity index (χ2v) is 6.00. The second kappa shape index (κ2) is 5.80. The standard InChI is InChI=1S/C13H24N2OS/c1-10(2)6-9-15(3)12(16)13(11(14)17)7-4-5-8-13/h10H,4-9H2,1-3H3,(H2,14,17). The number of nitrogens with zero attached hydrogens (tertiary/aromatic N) is 1. The van der Waals surface area contributed by atoms with Crippen molar-refractivity contribution in [3.05, 3.63) is 0 Å². The van der Waals surface area contributed by atoms with E-state index in [1.54, 1.807) is 0 Å². The third-order valence-corrected chi connectivity index (χ3v) is 4.12.